The van der Waals surface area contributed by atoms with Gasteiger partial charge in [0.1, 0.15) is 11.4 Å². The van der Waals surface area contributed by atoms with Gasteiger partial charge in [-0.1, -0.05) is 24.3 Å². The molecule has 2 saturated heterocycles. The third-order valence-electron chi connectivity index (χ3n) is 5.19. The predicted molar refractivity (Wildman–Crippen MR) is 108 cm³/mol. The van der Waals surface area contributed by atoms with Gasteiger partial charge in [-0.2, -0.15) is 0 Å². The van der Waals surface area contributed by atoms with E-state index in [1.54, 1.807) is 43.3 Å². The van der Waals surface area contributed by atoms with Crippen LogP contribution >= 0.6 is 0 Å². The van der Waals surface area contributed by atoms with Gasteiger partial charge in [-0.05, 0) is 55.2 Å². The van der Waals surface area contributed by atoms with E-state index in [2.05, 4.69) is 5.32 Å². The molecule has 0 aliphatic carbocycles. The van der Waals surface area contributed by atoms with E-state index < -0.39 is 23.7 Å². The fourth-order valence-corrected chi connectivity index (χ4v) is 3.68. The summed E-state index contributed by atoms with van der Waals surface area (Å²) in [5, 5.41) is 2.18. The van der Waals surface area contributed by atoms with Crippen molar-refractivity contribution in [2.45, 2.75) is 19.8 Å². The summed E-state index contributed by atoms with van der Waals surface area (Å²) in [7, 11) is 0. The number of carbonyl (C=O) groups is 3. The summed E-state index contributed by atoms with van der Waals surface area (Å²) in [5.74, 6) is -1.94. The van der Waals surface area contributed by atoms with Crippen molar-refractivity contribution in [1.82, 2.24) is 5.32 Å². The first-order chi connectivity index (χ1) is 14.0. The number of hydrogen-bond acceptors (Lipinski definition) is 4. The number of imide groups is 2. The van der Waals surface area contributed by atoms with Crippen LogP contribution in [0.2, 0.25) is 0 Å². The van der Waals surface area contributed by atoms with Gasteiger partial charge < -0.3 is 4.90 Å². The maximum absolute atomic E-state index is 14.6. The number of benzene rings is 2. The van der Waals surface area contributed by atoms with Crippen LogP contribution in [0.25, 0.3) is 6.08 Å². The minimum atomic E-state index is -0.804. The zero-order chi connectivity index (χ0) is 20.5. The number of amides is 4. The van der Waals surface area contributed by atoms with E-state index in [-0.39, 0.29) is 5.57 Å². The summed E-state index contributed by atoms with van der Waals surface area (Å²) >= 11 is 0. The highest BCUT2D eigenvalue weighted by Crippen LogP contribution is 2.27. The Kier molecular flexibility index (Phi) is 4.88. The molecule has 7 heteroatoms. The maximum Gasteiger partial charge on any atom is 0.335 e. The number of carbonyl (C=O) groups excluding carboxylic acids is 3. The zero-order valence-electron chi connectivity index (χ0n) is 15.9. The summed E-state index contributed by atoms with van der Waals surface area (Å²) in [5.41, 5.74) is 1.78. The summed E-state index contributed by atoms with van der Waals surface area (Å²) in [4.78, 5) is 40.4. The average molecular weight is 393 g/mol. The van der Waals surface area contributed by atoms with Crippen LogP contribution in [0.5, 0.6) is 0 Å². The lowest BCUT2D eigenvalue weighted by atomic mass is 10.1. The van der Waals surface area contributed by atoms with E-state index in [0.29, 0.717) is 22.5 Å². The molecular weight excluding hydrogens is 373 g/mol. The average Bonchev–Trinajstić information content (AvgIpc) is 3.21. The van der Waals surface area contributed by atoms with Crippen LogP contribution in [0, 0.1) is 12.7 Å². The topological polar surface area (TPSA) is 69.7 Å². The summed E-state index contributed by atoms with van der Waals surface area (Å²) in [6.07, 6.45) is 3.37. The van der Waals surface area contributed by atoms with Crippen molar-refractivity contribution in [3.63, 3.8) is 0 Å². The molecule has 0 saturated carbocycles. The number of barbiturate groups is 1. The van der Waals surface area contributed by atoms with Gasteiger partial charge in [-0.15, -0.1) is 0 Å². The highest BCUT2D eigenvalue weighted by atomic mass is 19.1. The van der Waals surface area contributed by atoms with Crippen LogP contribution in [0.4, 0.5) is 20.6 Å². The molecule has 2 heterocycles. The highest BCUT2D eigenvalue weighted by Gasteiger charge is 2.37. The van der Waals surface area contributed by atoms with E-state index in [4.69, 9.17) is 0 Å². The molecule has 0 unspecified atom stereocenters. The molecule has 1 N–H and O–H groups in total. The Balaban J connectivity index is 1.68. The van der Waals surface area contributed by atoms with Gasteiger partial charge in [-0.3, -0.25) is 14.9 Å². The van der Waals surface area contributed by atoms with Crippen LogP contribution in [0.3, 0.4) is 0 Å². The Bertz CT molecular complexity index is 1040. The largest absolute Gasteiger partial charge is 0.369 e. The number of halogens is 1. The molecule has 0 bridgehead atoms. The lowest BCUT2D eigenvalue weighted by molar-refractivity contribution is -0.122. The van der Waals surface area contributed by atoms with Crippen molar-refractivity contribution in [2.24, 2.45) is 0 Å². The van der Waals surface area contributed by atoms with Gasteiger partial charge in [0.2, 0.25) is 0 Å². The van der Waals surface area contributed by atoms with Crippen molar-refractivity contribution in [3.8, 4) is 0 Å². The molecule has 0 radical (unpaired) electrons. The third kappa shape index (κ3) is 3.51. The van der Waals surface area contributed by atoms with Crippen LogP contribution in [0.15, 0.2) is 48.0 Å². The molecule has 2 aliphatic heterocycles. The van der Waals surface area contributed by atoms with Gasteiger partial charge >= 0.3 is 6.03 Å². The first kappa shape index (κ1) is 18.9. The fraction of sp³-hybridized carbons (Fsp3) is 0.227. The Morgan fingerprint density at radius 1 is 1.00 bits per heavy atom. The molecule has 2 fully saturated rings. The molecule has 0 aromatic heterocycles. The smallest absolute Gasteiger partial charge is 0.335 e. The van der Waals surface area contributed by atoms with Crippen molar-refractivity contribution in [1.29, 1.82) is 0 Å². The van der Waals surface area contributed by atoms with E-state index in [9.17, 15) is 18.8 Å². The second-order valence-corrected chi connectivity index (χ2v) is 7.15. The lowest BCUT2D eigenvalue weighted by Crippen LogP contribution is -2.54. The molecule has 4 rings (SSSR count). The number of nitrogens with one attached hydrogen (secondary N) is 1. The number of aryl methyl sites for hydroxylation is 1. The Morgan fingerprint density at radius 2 is 1.72 bits per heavy atom. The number of para-hydroxylation sites is 1. The molecule has 2 aromatic carbocycles. The first-order valence-electron chi connectivity index (χ1n) is 9.47. The SMILES string of the molecule is Cc1ccccc1N1C(=O)NC(=O)/C(=C\c2ccc(N3CCCC3)c(F)c2)C1=O. The minimum Gasteiger partial charge on any atom is -0.369 e. The molecule has 148 valence electrons. The zero-order valence-corrected chi connectivity index (χ0v) is 15.9. The number of anilines is 2. The van der Waals surface area contributed by atoms with Crippen molar-refractivity contribution in [3.05, 3.63) is 65.0 Å². The van der Waals surface area contributed by atoms with E-state index in [1.807, 2.05) is 4.90 Å². The fourth-order valence-electron chi connectivity index (χ4n) is 3.68. The normalized spacial score (nSPS) is 18.6. The van der Waals surface area contributed by atoms with Gasteiger partial charge in [-0.25, -0.2) is 14.1 Å². The summed E-state index contributed by atoms with van der Waals surface area (Å²) in [6.45, 7) is 3.39. The van der Waals surface area contributed by atoms with Crippen LogP contribution in [-0.2, 0) is 9.59 Å². The van der Waals surface area contributed by atoms with Crippen LogP contribution < -0.4 is 15.1 Å². The Morgan fingerprint density at radius 3 is 2.41 bits per heavy atom. The summed E-state index contributed by atoms with van der Waals surface area (Å²) in [6, 6.07) is 10.7. The molecule has 6 nitrogen and oxygen atoms in total. The molecule has 0 spiro atoms. The molecule has 2 aromatic rings. The third-order valence-corrected chi connectivity index (χ3v) is 5.19. The van der Waals surface area contributed by atoms with E-state index in [0.717, 1.165) is 30.8 Å². The summed E-state index contributed by atoms with van der Waals surface area (Å²) < 4.78 is 14.6. The molecule has 4 amide bonds. The second kappa shape index (κ2) is 7.50. The second-order valence-electron chi connectivity index (χ2n) is 7.15. The van der Waals surface area contributed by atoms with Gasteiger partial charge in [0.05, 0.1) is 11.4 Å². The number of urea groups is 1. The lowest BCUT2D eigenvalue weighted by Gasteiger charge is -2.27. The van der Waals surface area contributed by atoms with Gasteiger partial charge in [0, 0.05) is 13.1 Å². The Hall–Kier alpha value is -3.48. The number of rotatable bonds is 3. The van der Waals surface area contributed by atoms with Gasteiger partial charge in [0.15, 0.2) is 0 Å². The monoisotopic (exact) mass is 393 g/mol. The van der Waals surface area contributed by atoms with E-state index in [1.165, 1.54) is 12.1 Å². The maximum atomic E-state index is 14.6. The van der Waals surface area contributed by atoms with Crippen LogP contribution in [-0.4, -0.2) is 30.9 Å². The van der Waals surface area contributed by atoms with Crippen molar-refractivity contribution >= 4 is 35.3 Å². The van der Waals surface area contributed by atoms with Crippen molar-refractivity contribution in [2.75, 3.05) is 22.9 Å². The van der Waals surface area contributed by atoms with Gasteiger partial charge in [0.25, 0.3) is 11.8 Å². The number of hydrogen-bond donors (Lipinski definition) is 1. The first-order valence-corrected chi connectivity index (χ1v) is 9.47. The number of nitrogens with zero attached hydrogens (tertiary/aromatic N) is 2. The standard InChI is InChI=1S/C22H20FN3O3/c1-14-6-2-3-7-18(14)26-21(28)16(20(27)24-22(26)29)12-15-8-9-19(17(23)13-15)25-10-4-5-11-25/h2-3,6-9,12-13H,4-5,10-11H2,1H3,(H,24,27,29)/b16-12+. The quantitative estimate of drug-likeness (QED) is 0.641. The molecular formula is C22H20FN3O3. The van der Waals surface area contributed by atoms with Crippen molar-refractivity contribution < 1.29 is 18.8 Å². The minimum absolute atomic E-state index is 0.221. The predicted octanol–water partition coefficient (Wildman–Crippen LogP) is 3.40. The Labute approximate surface area is 167 Å². The highest BCUT2D eigenvalue weighted by molar-refractivity contribution is 6.39. The molecule has 2 aliphatic rings. The van der Waals surface area contributed by atoms with Crippen LogP contribution in [0.1, 0.15) is 24.0 Å². The molecule has 29 heavy (non-hydrogen) atoms. The van der Waals surface area contributed by atoms with E-state index >= 15 is 0 Å². The molecule has 0 atom stereocenters.